The van der Waals surface area contributed by atoms with E-state index in [-0.39, 0.29) is 5.41 Å². The fourth-order valence-electron chi connectivity index (χ4n) is 1.80. The fraction of sp³-hybridized carbons (Fsp3) is 0.545. The quantitative estimate of drug-likeness (QED) is 0.453. The Labute approximate surface area is 74.2 Å². The fourth-order valence-corrected chi connectivity index (χ4v) is 1.80. The lowest BCUT2D eigenvalue weighted by molar-refractivity contribution is -0.114. The van der Waals surface area contributed by atoms with Crippen LogP contribution in [0.3, 0.4) is 0 Å². The Kier molecular flexibility index (Phi) is 2.51. The van der Waals surface area contributed by atoms with Gasteiger partial charge in [-0.1, -0.05) is 23.8 Å². The van der Waals surface area contributed by atoms with Crippen LogP contribution in [0.1, 0.15) is 33.1 Å². The minimum Gasteiger partial charge on any atom is -0.302 e. The van der Waals surface area contributed by atoms with E-state index in [0.717, 1.165) is 31.1 Å². The van der Waals surface area contributed by atoms with Gasteiger partial charge in [-0.3, -0.25) is 0 Å². The summed E-state index contributed by atoms with van der Waals surface area (Å²) in [7, 11) is 0. The summed E-state index contributed by atoms with van der Waals surface area (Å²) in [5.74, 6) is 0. The van der Waals surface area contributed by atoms with Crippen molar-refractivity contribution in [2.75, 3.05) is 0 Å². The van der Waals surface area contributed by atoms with Crippen LogP contribution in [0.15, 0.2) is 23.8 Å². The predicted octanol–water partition coefficient (Wildman–Crippen LogP) is 2.88. The molecule has 1 unspecified atom stereocenters. The molecule has 0 radical (unpaired) electrons. The summed E-state index contributed by atoms with van der Waals surface area (Å²) >= 11 is 0. The molecule has 1 atom stereocenters. The normalized spacial score (nSPS) is 29.3. The number of allylic oxidation sites excluding steroid dienone is 3. The average Bonchev–Trinajstić information content (AvgIpc) is 2.04. The summed E-state index contributed by atoms with van der Waals surface area (Å²) in [5.41, 5.74) is 2.07. The highest BCUT2D eigenvalue weighted by molar-refractivity contribution is 5.65. The highest BCUT2D eigenvalue weighted by Gasteiger charge is 2.32. The van der Waals surface area contributed by atoms with Gasteiger partial charge in [0.2, 0.25) is 0 Å². The second kappa shape index (κ2) is 3.26. The Morgan fingerprint density at radius 3 is 2.75 bits per heavy atom. The van der Waals surface area contributed by atoms with Crippen LogP contribution in [0.2, 0.25) is 0 Å². The molecule has 0 aromatic rings. The van der Waals surface area contributed by atoms with Crippen molar-refractivity contribution in [2.45, 2.75) is 33.1 Å². The Morgan fingerprint density at radius 1 is 1.75 bits per heavy atom. The first-order valence-corrected chi connectivity index (χ1v) is 4.39. The molecule has 0 bridgehead atoms. The number of aldehydes is 1. The molecule has 0 N–H and O–H groups in total. The van der Waals surface area contributed by atoms with Crippen LogP contribution in [0.5, 0.6) is 0 Å². The van der Waals surface area contributed by atoms with Crippen molar-refractivity contribution in [2.24, 2.45) is 5.41 Å². The third-order valence-electron chi connectivity index (χ3n) is 2.75. The van der Waals surface area contributed by atoms with E-state index in [4.69, 9.17) is 0 Å². The molecule has 0 saturated heterocycles. The zero-order valence-electron chi connectivity index (χ0n) is 7.89. The van der Waals surface area contributed by atoms with Gasteiger partial charge in [-0.25, -0.2) is 0 Å². The minimum atomic E-state index is -0.251. The Bertz CT molecular complexity index is 237. The van der Waals surface area contributed by atoms with Gasteiger partial charge in [-0.05, 0) is 33.1 Å². The standard InChI is InChI=1S/C11H16O/c1-9(2)11(8-12)6-4-5-10(3)7-11/h5,8H,1,4,6-7H2,2-3H3. The van der Waals surface area contributed by atoms with Crippen molar-refractivity contribution in [3.63, 3.8) is 0 Å². The first kappa shape index (κ1) is 9.24. The van der Waals surface area contributed by atoms with Gasteiger partial charge in [-0.15, -0.1) is 0 Å². The van der Waals surface area contributed by atoms with Crippen LogP contribution < -0.4 is 0 Å². The second-order valence-corrected chi connectivity index (χ2v) is 3.82. The molecular formula is C11H16O. The Hall–Kier alpha value is -0.850. The number of carbonyl (C=O) groups excluding carboxylic acids is 1. The molecule has 0 aromatic heterocycles. The van der Waals surface area contributed by atoms with E-state index in [1.165, 1.54) is 5.57 Å². The smallest absolute Gasteiger partial charge is 0.130 e. The Morgan fingerprint density at radius 2 is 2.42 bits per heavy atom. The summed E-state index contributed by atoms with van der Waals surface area (Å²) in [6.45, 7) is 7.93. The summed E-state index contributed by atoms with van der Waals surface area (Å²) in [4.78, 5) is 11.0. The molecule has 0 amide bonds. The zero-order chi connectivity index (χ0) is 9.19. The molecule has 66 valence electrons. The van der Waals surface area contributed by atoms with Crippen molar-refractivity contribution in [1.82, 2.24) is 0 Å². The van der Waals surface area contributed by atoms with Crippen LogP contribution in [-0.2, 0) is 4.79 Å². The molecule has 1 aliphatic rings. The van der Waals surface area contributed by atoms with Gasteiger partial charge in [0.15, 0.2) is 0 Å². The van der Waals surface area contributed by atoms with Crippen molar-refractivity contribution in [3.8, 4) is 0 Å². The lowest BCUT2D eigenvalue weighted by Gasteiger charge is -2.31. The van der Waals surface area contributed by atoms with Crippen LogP contribution in [0.4, 0.5) is 0 Å². The minimum absolute atomic E-state index is 0.251. The molecule has 1 aliphatic carbocycles. The number of hydrogen-bond acceptors (Lipinski definition) is 1. The van der Waals surface area contributed by atoms with E-state index < -0.39 is 0 Å². The lowest BCUT2D eigenvalue weighted by Crippen LogP contribution is -2.26. The maximum absolute atomic E-state index is 11.0. The van der Waals surface area contributed by atoms with Gasteiger partial charge in [0.1, 0.15) is 6.29 Å². The van der Waals surface area contributed by atoms with Crippen molar-refractivity contribution < 1.29 is 4.79 Å². The van der Waals surface area contributed by atoms with E-state index in [1.54, 1.807) is 0 Å². The van der Waals surface area contributed by atoms with Crippen molar-refractivity contribution in [1.29, 1.82) is 0 Å². The second-order valence-electron chi connectivity index (χ2n) is 3.82. The van der Waals surface area contributed by atoms with E-state index in [1.807, 2.05) is 6.92 Å². The van der Waals surface area contributed by atoms with Crippen LogP contribution in [0, 0.1) is 5.41 Å². The molecule has 0 fully saturated rings. The molecule has 0 spiro atoms. The molecule has 0 aromatic carbocycles. The van der Waals surface area contributed by atoms with Gasteiger partial charge >= 0.3 is 0 Å². The van der Waals surface area contributed by atoms with Gasteiger partial charge in [-0.2, -0.15) is 0 Å². The number of hydrogen-bond donors (Lipinski definition) is 0. The predicted molar refractivity (Wildman–Crippen MR) is 50.9 cm³/mol. The van der Waals surface area contributed by atoms with E-state index in [9.17, 15) is 4.79 Å². The molecule has 1 rings (SSSR count). The first-order valence-electron chi connectivity index (χ1n) is 4.39. The maximum atomic E-state index is 11.0. The van der Waals surface area contributed by atoms with Gasteiger partial charge in [0.25, 0.3) is 0 Å². The van der Waals surface area contributed by atoms with Crippen LogP contribution >= 0.6 is 0 Å². The lowest BCUT2D eigenvalue weighted by atomic mass is 9.71. The average molecular weight is 164 g/mol. The first-order chi connectivity index (χ1) is 5.60. The van der Waals surface area contributed by atoms with E-state index >= 15 is 0 Å². The van der Waals surface area contributed by atoms with Gasteiger partial charge in [0.05, 0.1) is 5.41 Å². The molecule has 1 nitrogen and oxygen atoms in total. The monoisotopic (exact) mass is 164 g/mol. The molecular weight excluding hydrogens is 148 g/mol. The summed E-state index contributed by atoms with van der Waals surface area (Å²) in [5, 5.41) is 0. The topological polar surface area (TPSA) is 17.1 Å². The van der Waals surface area contributed by atoms with Gasteiger partial charge < -0.3 is 4.79 Å². The van der Waals surface area contributed by atoms with Crippen LogP contribution in [0.25, 0.3) is 0 Å². The van der Waals surface area contributed by atoms with Crippen molar-refractivity contribution in [3.05, 3.63) is 23.8 Å². The zero-order valence-corrected chi connectivity index (χ0v) is 7.89. The molecule has 0 aliphatic heterocycles. The summed E-state index contributed by atoms with van der Waals surface area (Å²) in [6.07, 6.45) is 6.10. The maximum Gasteiger partial charge on any atom is 0.130 e. The molecule has 0 saturated carbocycles. The molecule has 1 heteroatoms. The van der Waals surface area contributed by atoms with Crippen molar-refractivity contribution >= 4 is 6.29 Å². The Balaban J connectivity index is 2.90. The summed E-state index contributed by atoms with van der Waals surface area (Å²) < 4.78 is 0. The SMILES string of the molecule is C=C(C)C1(C=O)CCC=C(C)C1. The largest absolute Gasteiger partial charge is 0.302 e. The molecule has 0 heterocycles. The summed E-state index contributed by atoms with van der Waals surface area (Å²) in [6, 6.07) is 0. The van der Waals surface area contributed by atoms with E-state index in [0.29, 0.717) is 0 Å². The number of rotatable bonds is 2. The van der Waals surface area contributed by atoms with Gasteiger partial charge in [0, 0.05) is 0 Å². The third kappa shape index (κ3) is 1.50. The third-order valence-corrected chi connectivity index (χ3v) is 2.75. The highest BCUT2D eigenvalue weighted by Crippen LogP contribution is 2.39. The van der Waals surface area contributed by atoms with E-state index in [2.05, 4.69) is 19.6 Å². The number of carbonyl (C=O) groups is 1. The molecule has 12 heavy (non-hydrogen) atoms. The highest BCUT2D eigenvalue weighted by atomic mass is 16.1. The van der Waals surface area contributed by atoms with Crippen LogP contribution in [-0.4, -0.2) is 6.29 Å².